The van der Waals surface area contributed by atoms with Crippen LogP contribution in [0.3, 0.4) is 0 Å². The molecule has 0 saturated carbocycles. The first-order valence-electron chi connectivity index (χ1n) is 12.7. The van der Waals surface area contributed by atoms with Crippen LogP contribution in [0.2, 0.25) is 0 Å². The average Bonchev–Trinajstić information content (AvgIpc) is 3.45. The van der Waals surface area contributed by atoms with Crippen molar-refractivity contribution in [3.05, 3.63) is 64.0 Å². The van der Waals surface area contributed by atoms with Crippen LogP contribution < -0.4 is 9.64 Å². The van der Waals surface area contributed by atoms with Crippen molar-refractivity contribution in [2.75, 3.05) is 45.3 Å². The second kappa shape index (κ2) is 12.7. The van der Waals surface area contributed by atoms with E-state index in [0.717, 1.165) is 22.0 Å². The number of carbonyl (C=O) groups is 2. The molecule has 1 amide bonds. The number of amides is 1. The third kappa shape index (κ3) is 6.74. The van der Waals surface area contributed by atoms with E-state index >= 15 is 0 Å². The molecule has 0 atom stereocenters. The zero-order chi connectivity index (χ0) is 27.9. The molecule has 9 nitrogen and oxygen atoms in total. The maximum Gasteiger partial charge on any atom is 0.306 e. The SMILES string of the molecule is COCCN(C)C(=O)c1ccc(COc2ccc(C)cc2-c2csc(N3CCC(C(=O)O)CC3)n2)c(C#N)c1. The summed E-state index contributed by atoms with van der Waals surface area (Å²) in [7, 11) is 3.28. The summed E-state index contributed by atoms with van der Waals surface area (Å²) >= 11 is 1.53. The number of nitriles is 1. The van der Waals surface area contributed by atoms with Crippen LogP contribution >= 0.6 is 11.3 Å². The van der Waals surface area contributed by atoms with Gasteiger partial charge in [-0.25, -0.2) is 4.98 Å². The Balaban J connectivity index is 1.49. The van der Waals surface area contributed by atoms with Gasteiger partial charge in [0.1, 0.15) is 12.4 Å². The molecule has 0 bridgehead atoms. The molecule has 1 fully saturated rings. The van der Waals surface area contributed by atoms with E-state index in [0.29, 0.717) is 61.5 Å². The number of methoxy groups -OCH3 is 1. The minimum Gasteiger partial charge on any atom is -0.488 e. The zero-order valence-electron chi connectivity index (χ0n) is 22.3. The molecule has 2 aromatic carbocycles. The van der Waals surface area contributed by atoms with E-state index in [1.807, 2.05) is 30.5 Å². The minimum atomic E-state index is -0.730. The van der Waals surface area contributed by atoms with Crippen molar-refractivity contribution in [3.8, 4) is 23.1 Å². The Morgan fingerprint density at radius 1 is 1.23 bits per heavy atom. The number of piperidine rings is 1. The number of hydrogen-bond acceptors (Lipinski definition) is 8. The van der Waals surface area contributed by atoms with Crippen molar-refractivity contribution in [3.63, 3.8) is 0 Å². The van der Waals surface area contributed by atoms with Gasteiger partial charge in [-0.3, -0.25) is 9.59 Å². The number of aromatic nitrogens is 1. The van der Waals surface area contributed by atoms with E-state index in [2.05, 4.69) is 11.0 Å². The number of hydrogen-bond donors (Lipinski definition) is 1. The number of anilines is 1. The van der Waals surface area contributed by atoms with Gasteiger partial charge in [0, 0.05) is 55.9 Å². The second-order valence-corrected chi connectivity index (χ2v) is 10.4. The summed E-state index contributed by atoms with van der Waals surface area (Å²) in [5.74, 6) is -0.556. The zero-order valence-corrected chi connectivity index (χ0v) is 23.2. The Hall–Kier alpha value is -3.94. The standard InChI is InChI=1S/C29H32N4O5S/c1-19-4-7-26(24(14-19)25-18-39-29(31-25)33-10-8-20(9-11-33)28(35)36)38-17-22-6-5-21(15-23(22)16-30)27(34)32(2)12-13-37-3/h4-7,14-15,18,20H,8-13,17H2,1-3H3,(H,35,36). The Morgan fingerprint density at radius 3 is 2.69 bits per heavy atom. The van der Waals surface area contributed by atoms with Crippen LogP contribution in [0, 0.1) is 24.2 Å². The number of aliphatic carboxylic acids is 1. The molecule has 204 valence electrons. The number of aryl methyl sites for hydroxylation is 1. The Morgan fingerprint density at radius 2 is 2.00 bits per heavy atom. The van der Waals surface area contributed by atoms with Crippen LogP contribution in [0.5, 0.6) is 5.75 Å². The minimum absolute atomic E-state index is 0.159. The molecule has 39 heavy (non-hydrogen) atoms. The third-order valence-corrected chi connectivity index (χ3v) is 7.76. The van der Waals surface area contributed by atoms with Gasteiger partial charge < -0.3 is 24.4 Å². The lowest BCUT2D eigenvalue weighted by molar-refractivity contribution is -0.142. The van der Waals surface area contributed by atoms with Gasteiger partial charge in [0.2, 0.25) is 0 Å². The summed E-state index contributed by atoms with van der Waals surface area (Å²) in [6, 6.07) is 13.1. The summed E-state index contributed by atoms with van der Waals surface area (Å²) in [5.41, 5.74) is 4.20. The van der Waals surface area contributed by atoms with Crippen molar-refractivity contribution < 1.29 is 24.2 Å². The molecule has 10 heteroatoms. The van der Waals surface area contributed by atoms with Crippen molar-refractivity contribution >= 4 is 28.3 Å². The Bertz CT molecular complexity index is 1370. The van der Waals surface area contributed by atoms with Crippen LogP contribution in [0.4, 0.5) is 5.13 Å². The smallest absolute Gasteiger partial charge is 0.306 e. The molecular formula is C29H32N4O5S. The first kappa shape index (κ1) is 28.1. The number of benzene rings is 2. The molecule has 0 aliphatic carbocycles. The number of likely N-dealkylation sites (N-methyl/N-ethyl adjacent to an activating group) is 1. The molecular weight excluding hydrogens is 516 g/mol. The van der Waals surface area contributed by atoms with Crippen molar-refractivity contribution in [1.82, 2.24) is 9.88 Å². The summed E-state index contributed by atoms with van der Waals surface area (Å²) in [4.78, 5) is 32.5. The number of nitrogens with zero attached hydrogens (tertiary/aromatic N) is 4. The van der Waals surface area contributed by atoms with E-state index in [1.54, 1.807) is 37.3 Å². The quantitative estimate of drug-likeness (QED) is 0.391. The van der Waals surface area contributed by atoms with Gasteiger partial charge in [0.15, 0.2) is 5.13 Å². The normalized spacial score (nSPS) is 13.6. The van der Waals surface area contributed by atoms with Gasteiger partial charge in [-0.2, -0.15) is 5.26 Å². The number of rotatable bonds is 10. The van der Waals surface area contributed by atoms with Gasteiger partial charge in [0.25, 0.3) is 5.91 Å². The van der Waals surface area contributed by atoms with E-state index in [9.17, 15) is 20.0 Å². The number of ether oxygens (including phenoxy) is 2. The number of carboxylic acids is 1. The number of thiazole rings is 1. The predicted molar refractivity (Wildman–Crippen MR) is 149 cm³/mol. The maximum absolute atomic E-state index is 12.7. The highest BCUT2D eigenvalue weighted by atomic mass is 32.1. The van der Waals surface area contributed by atoms with E-state index in [-0.39, 0.29) is 18.4 Å². The molecule has 1 aromatic heterocycles. The van der Waals surface area contributed by atoms with Crippen LogP contribution in [0.1, 0.15) is 39.9 Å². The van der Waals surface area contributed by atoms with E-state index < -0.39 is 5.97 Å². The highest BCUT2D eigenvalue weighted by molar-refractivity contribution is 7.14. The maximum atomic E-state index is 12.7. The number of carbonyl (C=O) groups excluding carboxylic acids is 1. The van der Waals surface area contributed by atoms with Gasteiger partial charge in [-0.15, -0.1) is 11.3 Å². The number of carboxylic acid groups (broad SMARTS) is 1. The fraction of sp³-hybridized carbons (Fsp3) is 0.379. The lowest BCUT2D eigenvalue weighted by atomic mass is 9.97. The highest BCUT2D eigenvalue weighted by Crippen LogP contribution is 2.36. The summed E-state index contributed by atoms with van der Waals surface area (Å²) in [5, 5.41) is 21.9. The van der Waals surface area contributed by atoms with Gasteiger partial charge in [0.05, 0.1) is 29.9 Å². The molecule has 1 saturated heterocycles. The Labute approximate surface area is 232 Å². The molecule has 1 aliphatic rings. The Kier molecular flexibility index (Phi) is 9.17. The summed E-state index contributed by atoms with van der Waals surface area (Å²) in [6.07, 6.45) is 1.22. The second-order valence-electron chi connectivity index (χ2n) is 9.61. The summed E-state index contributed by atoms with van der Waals surface area (Å²) < 4.78 is 11.2. The fourth-order valence-electron chi connectivity index (χ4n) is 4.47. The highest BCUT2D eigenvalue weighted by Gasteiger charge is 2.26. The largest absolute Gasteiger partial charge is 0.488 e. The topological polar surface area (TPSA) is 116 Å². The average molecular weight is 549 g/mol. The lowest BCUT2D eigenvalue weighted by Gasteiger charge is -2.29. The third-order valence-electron chi connectivity index (χ3n) is 6.86. The van der Waals surface area contributed by atoms with Crippen LogP contribution in [0.25, 0.3) is 11.3 Å². The fourth-order valence-corrected chi connectivity index (χ4v) is 5.35. The van der Waals surface area contributed by atoms with Crippen LogP contribution in [-0.4, -0.2) is 67.3 Å². The molecule has 4 rings (SSSR count). The van der Waals surface area contributed by atoms with Gasteiger partial charge in [-0.05, 0) is 44.0 Å². The van der Waals surface area contributed by atoms with Gasteiger partial charge in [-0.1, -0.05) is 17.7 Å². The van der Waals surface area contributed by atoms with Crippen LogP contribution in [-0.2, 0) is 16.1 Å². The van der Waals surface area contributed by atoms with Crippen LogP contribution in [0.15, 0.2) is 41.8 Å². The molecule has 1 aliphatic heterocycles. The van der Waals surface area contributed by atoms with Crippen molar-refractivity contribution in [1.29, 1.82) is 5.26 Å². The monoisotopic (exact) mass is 548 g/mol. The molecule has 0 spiro atoms. The molecule has 2 heterocycles. The van der Waals surface area contributed by atoms with Gasteiger partial charge >= 0.3 is 5.97 Å². The van der Waals surface area contributed by atoms with Crippen molar-refractivity contribution in [2.24, 2.45) is 5.92 Å². The molecule has 1 N–H and O–H groups in total. The van der Waals surface area contributed by atoms with E-state index in [4.69, 9.17) is 14.5 Å². The predicted octanol–water partition coefficient (Wildman–Crippen LogP) is 4.59. The first-order valence-corrected chi connectivity index (χ1v) is 13.6. The first-order chi connectivity index (χ1) is 18.8. The van der Waals surface area contributed by atoms with E-state index in [1.165, 1.54) is 11.3 Å². The van der Waals surface area contributed by atoms with Crippen molar-refractivity contribution in [2.45, 2.75) is 26.4 Å². The molecule has 0 radical (unpaired) electrons. The summed E-state index contributed by atoms with van der Waals surface area (Å²) in [6.45, 7) is 4.38. The molecule has 3 aromatic rings. The lowest BCUT2D eigenvalue weighted by Crippen LogP contribution is -2.36. The molecule has 0 unspecified atom stereocenters.